The fourth-order valence-electron chi connectivity index (χ4n) is 15.4. The molecule has 4 saturated heterocycles. The maximum absolute atomic E-state index is 15.2. The normalized spacial score (nSPS) is 34.1. The van der Waals surface area contributed by atoms with Crippen molar-refractivity contribution in [3.05, 3.63) is 0 Å². The topological polar surface area (TPSA) is 518 Å². The third-order valence-corrected chi connectivity index (χ3v) is 22.5. The Morgan fingerprint density at radius 1 is 0.565 bits per heavy atom. The van der Waals surface area contributed by atoms with Crippen LogP contribution in [0.3, 0.4) is 0 Å². The van der Waals surface area contributed by atoms with E-state index >= 15 is 4.79 Å². The van der Waals surface area contributed by atoms with E-state index in [-0.39, 0.29) is 101 Å². The van der Waals surface area contributed by atoms with Gasteiger partial charge in [0.05, 0.1) is 30.6 Å². The van der Waals surface area contributed by atoms with Gasteiger partial charge in [-0.3, -0.25) is 67.1 Å². The number of aliphatic hydroxyl groups is 4. The third-order valence-electron chi connectivity index (χ3n) is 22.5. The van der Waals surface area contributed by atoms with Crippen LogP contribution >= 0.6 is 0 Å². The fourth-order valence-corrected chi connectivity index (χ4v) is 15.4. The number of nitrogens with two attached hydrogens (primary N) is 1. The summed E-state index contributed by atoms with van der Waals surface area (Å²) in [6.07, 6.45) is 1.83. The van der Waals surface area contributed by atoms with E-state index < -0.39 is 190 Å². The van der Waals surface area contributed by atoms with E-state index in [0.29, 0.717) is 70.8 Å². The second-order valence-corrected chi connectivity index (χ2v) is 33.2. The number of rotatable bonds is 11. The van der Waals surface area contributed by atoms with Crippen molar-refractivity contribution in [2.45, 2.75) is 320 Å². The van der Waals surface area contributed by atoms with Crippen LogP contribution in [0.2, 0.25) is 0 Å². The molecule has 34 heteroatoms. The number of hydrogen-bond acceptors (Lipinski definition) is 20. The molecular weight excluding hydrogens is 1400 g/mol. The van der Waals surface area contributed by atoms with Crippen molar-refractivity contribution in [2.24, 2.45) is 40.7 Å². The number of nitrogens with zero attached hydrogens (tertiary/aromatic N) is 1. The first-order valence-corrected chi connectivity index (χ1v) is 39.0. The van der Waals surface area contributed by atoms with Gasteiger partial charge >= 0.3 is 0 Å². The lowest BCUT2D eigenvalue weighted by Crippen LogP contribution is -2.67. The molecule has 2 aliphatic carbocycles. The molecule has 0 aromatic carbocycles. The van der Waals surface area contributed by atoms with Gasteiger partial charge in [-0.25, -0.2) is 0 Å². The number of piperidine rings is 1. The van der Waals surface area contributed by atoms with Gasteiger partial charge in [-0.05, 0) is 218 Å². The number of primary amides is 1. The van der Waals surface area contributed by atoms with Crippen LogP contribution in [0.1, 0.15) is 218 Å². The molecule has 2 saturated carbocycles. The van der Waals surface area contributed by atoms with E-state index in [2.05, 4.69) is 74.4 Å². The van der Waals surface area contributed by atoms with Crippen LogP contribution in [-0.2, 0) is 67.1 Å². The van der Waals surface area contributed by atoms with Gasteiger partial charge in [0.25, 0.3) is 0 Å². The Morgan fingerprint density at radius 2 is 1.13 bits per heavy atom. The number of fused-ring (bicyclic) bond motifs is 2. The Labute approximate surface area is 634 Å². The molecule has 4 heterocycles. The highest BCUT2D eigenvalue weighted by Gasteiger charge is 2.48. The van der Waals surface area contributed by atoms with Crippen molar-refractivity contribution in [3.8, 4) is 0 Å². The Balaban J connectivity index is 1.33. The summed E-state index contributed by atoms with van der Waals surface area (Å²) >= 11 is 0. The highest BCUT2D eigenvalue weighted by atomic mass is 16.3. The number of amides is 14. The van der Waals surface area contributed by atoms with Crippen molar-refractivity contribution in [1.82, 2.24) is 79.3 Å². The first-order valence-electron chi connectivity index (χ1n) is 39.0. The Morgan fingerprint density at radius 3 is 1.71 bits per heavy atom. The molecule has 6 fully saturated rings. The molecule has 0 spiro atoms. The summed E-state index contributed by atoms with van der Waals surface area (Å²) in [6.45, 7) is 18.8. The molecule has 4 aliphatic heterocycles. The van der Waals surface area contributed by atoms with E-state index in [4.69, 9.17) is 5.73 Å². The number of aliphatic hydroxyl groups excluding tert-OH is 4. The summed E-state index contributed by atoms with van der Waals surface area (Å²) in [6, 6.07) is -14.0. The standard InChI is InChI=1S/C74H126N16O18/c1-38(2)74(12)71(108)86-57(41(5)92)67(104)81-49(59(75)97)20-15-22-55(96)76-31-14-13-19-50(80-42(6)93)62(99)87-58(72(7,8)9)68(105)84-53(35-44-25-29-47(95)30-26-44)69(106)90-33-17-21-54(90)65(102)85-56(40(4)91)66(103)83-52(36-45-37-78-60-48(45)18-16-32-77-60)63(100)88-73(10,11)70(107)79-39(3)61(98)82-51(64(101)89-74)34-43-23-27-46(94)28-24-43/h38-41,43-54,56-58,60,77-78,91-92,94-95H,13-37H2,1-12H3,(H2,75,97)(H,76,96)(H,79,107)(H,80,93)(H,81,104)(H,82,98)(H,83,103)(H,84,105)(H,85,102)(H,86,108)(H,87,99)(H,88,100)(H,89,101)/t39-,40+,41+,43?,44?,45?,46?,47?,48?,49-,50-,51-,52-,53-,54-,56-,57-,58+,60?,74-/m0/s1. The molecule has 6 aliphatic rings. The first kappa shape index (κ1) is 89.2. The van der Waals surface area contributed by atoms with Gasteiger partial charge in [-0.2, -0.15) is 0 Å². The first-order chi connectivity index (χ1) is 50.6. The van der Waals surface area contributed by atoms with Gasteiger partial charge in [0.15, 0.2) is 0 Å². The molecule has 14 amide bonds. The quantitative estimate of drug-likeness (QED) is 0.101. The molecule has 20 N–H and O–H groups in total. The molecule has 0 aromatic rings. The second kappa shape index (κ2) is 40.3. The zero-order valence-corrected chi connectivity index (χ0v) is 65.3. The number of nitrogens with one attached hydrogen (secondary N) is 14. The van der Waals surface area contributed by atoms with Crippen LogP contribution in [0.5, 0.6) is 0 Å². The van der Waals surface area contributed by atoms with Gasteiger partial charge < -0.3 is 105 Å². The van der Waals surface area contributed by atoms with Crippen LogP contribution in [0.25, 0.3) is 0 Å². The Bertz CT molecular complexity index is 3170. The van der Waals surface area contributed by atoms with E-state index in [9.17, 15) is 82.8 Å². The maximum Gasteiger partial charge on any atom is 0.246 e. The zero-order chi connectivity index (χ0) is 80.3. The fraction of sp³-hybridized carbons (Fsp3) is 0.811. The van der Waals surface area contributed by atoms with Crippen LogP contribution in [0, 0.1) is 35.0 Å². The molecule has 6 rings (SSSR count). The smallest absolute Gasteiger partial charge is 0.246 e. The minimum absolute atomic E-state index is 0.0148. The van der Waals surface area contributed by atoms with Gasteiger partial charge in [0.1, 0.15) is 71.5 Å². The summed E-state index contributed by atoms with van der Waals surface area (Å²) in [5.41, 5.74) is 1.01. The Kier molecular flexibility index (Phi) is 33.3. The van der Waals surface area contributed by atoms with Crippen LogP contribution in [-0.4, -0.2) is 236 Å². The molecule has 16 atom stereocenters. The summed E-state index contributed by atoms with van der Waals surface area (Å²) in [4.78, 5) is 201. The molecule has 0 radical (unpaired) electrons. The highest BCUT2D eigenvalue weighted by molar-refractivity contribution is 6.01. The zero-order valence-electron chi connectivity index (χ0n) is 65.3. The lowest BCUT2D eigenvalue weighted by atomic mass is 9.82. The lowest BCUT2D eigenvalue weighted by molar-refractivity contribution is -0.144. The molecule has 108 heavy (non-hydrogen) atoms. The molecule has 0 bridgehead atoms. The minimum Gasteiger partial charge on any atom is -0.393 e. The number of carbonyl (C=O) groups is 14. The highest BCUT2D eigenvalue weighted by Crippen LogP contribution is 2.34. The second-order valence-electron chi connectivity index (χ2n) is 33.2. The molecule has 0 aromatic heterocycles. The predicted octanol–water partition coefficient (Wildman–Crippen LogP) is -2.61. The van der Waals surface area contributed by atoms with Gasteiger partial charge in [-0.1, -0.05) is 34.6 Å². The summed E-state index contributed by atoms with van der Waals surface area (Å²) in [5.74, 6) is -12.6. The van der Waals surface area contributed by atoms with Crippen molar-refractivity contribution < 1.29 is 87.5 Å². The van der Waals surface area contributed by atoms with Crippen molar-refractivity contribution in [2.75, 3.05) is 26.2 Å². The van der Waals surface area contributed by atoms with Gasteiger partial charge in [0.2, 0.25) is 82.7 Å². The summed E-state index contributed by atoms with van der Waals surface area (Å²) < 4.78 is 0. The molecule has 610 valence electrons. The van der Waals surface area contributed by atoms with Crippen molar-refractivity contribution in [3.63, 3.8) is 0 Å². The molecular formula is C74H126N16O18. The largest absolute Gasteiger partial charge is 0.393 e. The van der Waals surface area contributed by atoms with E-state index in [1.165, 1.54) is 53.4 Å². The van der Waals surface area contributed by atoms with Crippen LogP contribution in [0.4, 0.5) is 0 Å². The maximum atomic E-state index is 15.2. The molecule has 34 nitrogen and oxygen atoms in total. The average molecular weight is 1530 g/mol. The summed E-state index contributed by atoms with van der Waals surface area (Å²) in [5, 5.41) is 82.4. The minimum atomic E-state index is -1.87. The molecule has 3 unspecified atom stereocenters. The van der Waals surface area contributed by atoms with E-state index in [1.807, 2.05) is 0 Å². The van der Waals surface area contributed by atoms with Crippen LogP contribution in [0.15, 0.2) is 0 Å². The average Bonchev–Trinajstić information content (AvgIpc) is 1.57. The van der Waals surface area contributed by atoms with Gasteiger partial charge in [0, 0.05) is 26.4 Å². The third kappa shape index (κ3) is 25.7. The summed E-state index contributed by atoms with van der Waals surface area (Å²) in [7, 11) is 0. The Hall–Kier alpha value is -7.66. The predicted molar refractivity (Wildman–Crippen MR) is 396 cm³/mol. The SMILES string of the molecule is CC(=O)N[C@H]1CCCCNC(=O)CCC[C@@H](C(N)=O)NC(=O)[C@H]([C@@H](C)O)NC(=O)[C@](C)(C(C)C)NC(=O)[C@H](CC2CCC(O)CC2)NC(=O)[C@H](C)NC(=O)C(C)(C)NC(=O)[C@H](CC2CNC3NCCCC23)NC(=O)[C@H]([C@@H](C)O)NC(=O)[C@@H]2CCCN2C(=O)[C@H](CC2CCC(O)CC2)NC(=O)[C@H](C(C)(C)C)NC1=O. The number of carbonyl (C=O) groups excluding carboxylic acids is 14. The monoisotopic (exact) mass is 1530 g/mol. The van der Waals surface area contributed by atoms with Gasteiger partial charge in [-0.15, -0.1) is 0 Å². The van der Waals surface area contributed by atoms with Crippen molar-refractivity contribution in [1.29, 1.82) is 0 Å². The lowest BCUT2D eigenvalue weighted by Gasteiger charge is -2.37. The van der Waals surface area contributed by atoms with Crippen molar-refractivity contribution >= 4 is 82.7 Å². The van der Waals surface area contributed by atoms with Crippen LogP contribution < -0.4 is 80.2 Å². The van der Waals surface area contributed by atoms with E-state index in [0.717, 1.165) is 19.4 Å². The van der Waals surface area contributed by atoms with E-state index in [1.54, 1.807) is 34.6 Å². The number of hydrogen-bond donors (Lipinski definition) is 19.